The number of hydrazone groups is 1. The summed E-state index contributed by atoms with van der Waals surface area (Å²) < 4.78 is 0. The van der Waals surface area contributed by atoms with Gasteiger partial charge in [-0.15, -0.1) is 11.8 Å². The Morgan fingerprint density at radius 1 is 1.07 bits per heavy atom. The largest absolute Gasteiger partial charge is 0.478 e. The number of ketones is 1. The number of thioether (sulfide) groups is 1. The highest BCUT2D eigenvalue weighted by atomic mass is 32.2. The van der Waals surface area contributed by atoms with Gasteiger partial charge in [0, 0.05) is 21.6 Å². The fraction of sp³-hybridized carbons (Fsp3) is 0.100. The molecule has 0 saturated heterocycles. The van der Waals surface area contributed by atoms with E-state index in [1.54, 1.807) is 31.2 Å². The predicted molar refractivity (Wildman–Crippen MR) is 103 cm³/mol. The van der Waals surface area contributed by atoms with Gasteiger partial charge in [0.05, 0.1) is 17.0 Å². The van der Waals surface area contributed by atoms with Crippen LogP contribution in [-0.2, 0) is 4.79 Å². The van der Waals surface area contributed by atoms with Crippen LogP contribution >= 0.6 is 11.8 Å². The summed E-state index contributed by atoms with van der Waals surface area (Å²) in [4.78, 5) is 37.0. The molecule has 1 amide bonds. The van der Waals surface area contributed by atoms with Crippen LogP contribution in [-0.4, -0.2) is 34.2 Å². The number of carbonyl (C=O) groups excluding carboxylic acids is 2. The molecule has 2 aromatic carbocycles. The van der Waals surface area contributed by atoms with E-state index in [0.717, 1.165) is 0 Å². The van der Waals surface area contributed by atoms with Crippen LogP contribution in [0.4, 0.5) is 5.69 Å². The molecule has 0 bridgehead atoms. The zero-order valence-corrected chi connectivity index (χ0v) is 15.1. The van der Waals surface area contributed by atoms with Crippen LogP contribution in [0.25, 0.3) is 0 Å². The number of carboxylic acids is 1. The number of rotatable bonds is 2. The van der Waals surface area contributed by atoms with Crippen molar-refractivity contribution in [2.24, 2.45) is 5.10 Å². The lowest BCUT2D eigenvalue weighted by Crippen LogP contribution is -2.27. The van der Waals surface area contributed by atoms with E-state index in [2.05, 4.69) is 5.10 Å². The topological polar surface area (TPSA) is 87.0 Å². The maximum absolute atomic E-state index is 12.7. The molecular formula is C20H14N2O4S. The highest BCUT2D eigenvalue weighted by molar-refractivity contribution is 8.04. The molecule has 0 radical (unpaired) electrons. The summed E-state index contributed by atoms with van der Waals surface area (Å²) in [6.45, 7) is 1.75. The lowest BCUT2D eigenvalue weighted by atomic mass is 9.89. The minimum atomic E-state index is -1.04. The number of aromatic carboxylic acids is 1. The molecule has 0 aromatic heterocycles. The quantitative estimate of drug-likeness (QED) is 0.866. The van der Waals surface area contributed by atoms with E-state index >= 15 is 0 Å². The van der Waals surface area contributed by atoms with Gasteiger partial charge in [0.1, 0.15) is 5.71 Å². The fourth-order valence-electron chi connectivity index (χ4n) is 3.07. The second-order valence-electron chi connectivity index (χ2n) is 6.12. The number of carboxylic acid groups (broad SMARTS) is 1. The number of amides is 1. The molecule has 4 rings (SSSR count). The van der Waals surface area contributed by atoms with Crippen molar-refractivity contribution >= 4 is 40.8 Å². The molecule has 1 N–H and O–H groups in total. The van der Waals surface area contributed by atoms with Crippen molar-refractivity contribution in [2.45, 2.75) is 6.92 Å². The van der Waals surface area contributed by atoms with E-state index < -0.39 is 5.97 Å². The summed E-state index contributed by atoms with van der Waals surface area (Å²) in [7, 11) is 0. The number of hydrogen-bond acceptors (Lipinski definition) is 5. The summed E-state index contributed by atoms with van der Waals surface area (Å²) in [5.41, 5.74) is 3.03. The van der Waals surface area contributed by atoms with Gasteiger partial charge in [0.15, 0.2) is 5.78 Å². The van der Waals surface area contributed by atoms with E-state index in [9.17, 15) is 14.4 Å². The number of fused-ring (bicyclic) bond motifs is 3. The molecule has 0 spiro atoms. The van der Waals surface area contributed by atoms with Crippen LogP contribution in [0.2, 0.25) is 0 Å². The van der Waals surface area contributed by atoms with Crippen molar-refractivity contribution in [3.8, 4) is 0 Å². The first-order valence-electron chi connectivity index (χ1n) is 8.20. The summed E-state index contributed by atoms with van der Waals surface area (Å²) >= 11 is 1.30. The number of allylic oxidation sites excluding steroid dienone is 2. The Morgan fingerprint density at radius 3 is 2.41 bits per heavy atom. The second-order valence-corrected chi connectivity index (χ2v) is 7.11. The van der Waals surface area contributed by atoms with Crippen LogP contribution in [0.5, 0.6) is 0 Å². The predicted octanol–water partition coefficient (Wildman–Crippen LogP) is 3.34. The number of nitrogens with zero attached hydrogens (tertiary/aromatic N) is 2. The van der Waals surface area contributed by atoms with Crippen molar-refractivity contribution in [3.05, 3.63) is 75.7 Å². The molecule has 27 heavy (non-hydrogen) atoms. The SMILES string of the molecule is CC1=C2SCC(=O)N(c3ccc(C(=O)O)cc3)N=C2c2ccccc2C1=O. The highest BCUT2D eigenvalue weighted by Gasteiger charge is 2.33. The summed E-state index contributed by atoms with van der Waals surface area (Å²) in [6.07, 6.45) is 0. The Labute approximate surface area is 159 Å². The third-order valence-electron chi connectivity index (χ3n) is 4.46. The third kappa shape index (κ3) is 2.86. The van der Waals surface area contributed by atoms with Gasteiger partial charge in [-0.05, 0) is 31.2 Å². The van der Waals surface area contributed by atoms with Crippen molar-refractivity contribution in [1.82, 2.24) is 0 Å². The van der Waals surface area contributed by atoms with Crippen LogP contribution in [0, 0.1) is 0 Å². The Hall–Kier alpha value is -3.19. The first-order valence-corrected chi connectivity index (χ1v) is 9.19. The lowest BCUT2D eigenvalue weighted by Gasteiger charge is -2.21. The number of benzene rings is 2. The number of Topliss-reactive ketones (excluding diaryl/α,β-unsaturated/α-hetero) is 1. The second kappa shape index (κ2) is 6.51. The maximum Gasteiger partial charge on any atom is 0.335 e. The van der Waals surface area contributed by atoms with Gasteiger partial charge in [-0.2, -0.15) is 10.1 Å². The van der Waals surface area contributed by atoms with Gasteiger partial charge in [0.25, 0.3) is 5.91 Å². The molecule has 2 aliphatic rings. The van der Waals surface area contributed by atoms with Crippen molar-refractivity contribution in [3.63, 3.8) is 0 Å². The van der Waals surface area contributed by atoms with E-state index in [0.29, 0.717) is 33.0 Å². The number of anilines is 1. The van der Waals surface area contributed by atoms with E-state index in [1.165, 1.54) is 28.9 Å². The average molecular weight is 378 g/mol. The zero-order chi connectivity index (χ0) is 19.1. The van der Waals surface area contributed by atoms with Gasteiger partial charge in [0.2, 0.25) is 0 Å². The average Bonchev–Trinajstić information content (AvgIpc) is 2.86. The van der Waals surface area contributed by atoms with E-state index in [4.69, 9.17) is 5.11 Å². The molecule has 7 heteroatoms. The molecule has 6 nitrogen and oxygen atoms in total. The van der Waals surface area contributed by atoms with Gasteiger partial charge in [-0.25, -0.2) is 4.79 Å². The monoisotopic (exact) mass is 378 g/mol. The Bertz CT molecular complexity index is 1050. The van der Waals surface area contributed by atoms with Crippen molar-refractivity contribution < 1.29 is 19.5 Å². The summed E-state index contributed by atoms with van der Waals surface area (Å²) in [6, 6.07) is 13.2. The maximum atomic E-state index is 12.7. The first-order chi connectivity index (χ1) is 13.0. The Morgan fingerprint density at radius 2 is 1.74 bits per heavy atom. The fourth-order valence-corrected chi connectivity index (χ4v) is 4.05. The van der Waals surface area contributed by atoms with Crippen molar-refractivity contribution in [1.29, 1.82) is 0 Å². The smallest absolute Gasteiger partial charge is 0.335 e. The molecule has 1 heterocycles. The van der Waals surface area contributed by atoms with Gasteiger partial charge in [-0.1, -0.05) is 24.3 Å². The highest BCUT2D eigenvalue weighted by Crippen LogP contribution is 2.36. The number of carbonyl (C=O) groups is 3. The summed E-state index contributed by atoms with van der Waals surface area (Å²) in [5, 5.41) is 14.9. The van der Waals surface area contributed by atoms with Gasteiger partial charge in [-0.3, -0.25) is 9.59 Å². The molecule has 2 aromatic rings. The van der Waals surface area contributed by atoms with Crippen LogP contribution < -0.4 is 5.01 Å². The van der Waals surface area contributed by atoms with Crippen LogP contribution in [0.3, 0.4) is 0 Å². The molecule has 0 fully saturated rings. The Kier molecular flexibility index (Phi) is 4.16. The molecule has 134 valence electrons. The Balaban J connectivity index is 1.87. The lowest BCUT2D eigenvalue weighted by molar-refractivity contribution is -0.116. The minimum Gasteiger partial charge on any atom is -0.478 e. The van der Waals surface area contributed by atoms with E-state index in [1.807, 2.05) is 12.1 Å². The van der Waals surface area contributed by atoms with Crippen LogP contribution in [0.1, 0.15) is 33.2 Å². The van der Waals surface area contributed by atoms with Crippen molar-refractivity contribution in [2.75, 3.05) is 10.8 Å². The molecule has 1 aliphatic heterocycles. The van der Waals surface area contributed by atoms with Crippen LogP contribution in [0.15, 0.2) is 64.1 Å². The molecule has 0 unspecified atom stereocenters. The first kappa shape index (κ1) is 17.2. The van der Waals surface area contributed by atoms with Gasteiger partial charge < -0.3 is 5.11 Å². The van der Waals surface area contributed by atoms with E-state index in [-0.39, 0.29) is 23.0 Å². The third-order valence-corrected chi connectivity index (χ3v) is 5.64. The molecule has 1 aliphatic carbocycles. The summed E-state index contributed by atoms with van der Waals surface area (Å²) in [5.74, 6) is -1.20. The molecular weight excluding hydrogens is 364 g/mol. The zero-order valence-electron chi connectivity index (χ0n) is 14.3. The molecule has 0 saturated carbocycles. The standard InChI is InChI=1S/C20H14N2O4S/c1-11-18(24)15-5-3-2-4-14(15)17-19(11)27-10-16(23)22(21-17)13-8-6-12(7-9-13)20(25)26/h2-9H,10H2,1H3,(H,25,26). The van der Waals surface area contributed by atoms with Gasteiger partial charge >= 0.3 is 5.97 Å². The minimum absolute atomic E-state index is 0.0567. The molecule has 0 atom stereocenters. The number of hydrogen-bond donors (Lipinski definition) is 1. The normalized spacial score (nSPS) is 16.5.